The molecule has 0 spiro atoms. The molecule has 0 atom stereocenters. The standard InChI is InChI=1S/C18H15N3O5S2/c1-2-28(25,26)15-5-3-4-13(10-15)19-17(22)16-11-27-18(20-16)12-6-8-14(9-7-12)21(23)24/h3-11H,2H2,1H3,(H,19,22). The zero-order valence-corrected chi connectivity index (χ0v) is 16.3. The van der Waals surface area contributed by atoms with Gasteiger partial charge in [0.1, 0.15) is 10.7 Å². The quantitative estimate of drug-likeness (QED) is 0.482. The van der Waals surface area contributed by atoms with Crippen molar-refractivity contribution in [2.24, 2.45) is 0 Å². The lowest BCUT2D eigenvalue weighted by molar-refractivity contribution is -0.384. The molecule has 1 heterocycles. The molecule has 0 radical (unpaired) electrons. The number of carbonyl (C=O) groups excluding carboxylic acids is 1. The van der Waals surface area contributed by atoms with Gasteiger partial charge in [-0.1, -0.05) is 13.0 Å². The largest absolute Gasteiger partial charge is 0.321 e. The number of anilines is 1. The number of carbonyl (C=O) groups is 1. The number of nitrogens with zero attached hydrogens (tertiary/aromatic N) is 2. The highest BCUT2D eigenvalue weighted by atomic mass is 32.2. The lowest BCUT2D eigenvalue weighted by Gasteiger charge is -2.06. The predicted octanol–water partition coefficient (Wildman–Crippen LogP) is 3.76. The van der Waals surface area contributed by atoms with Crippen molar-refractivity contribution in [3.8, 4) is 10.6 Å². The summed E-state index contributed by atoms with van der Waals surface area (Å²) in [5.74, 6) is -0.509. The smallest absolute Gasteiger partial charge is 0.275 e. The highest BCUT2D eigenvalue weighted by Gasteiger charge is 2.15. The monoisotopic (exact) mass is 417 g/mol. The highest BCUT2D eigenvalue weighted by molar-refractivity contribution is 7.91. The molecule has 0 saturated heterocycles. The Kier molecular flexibility index (Phi) is 5.52. The second-order valence-electron chi connectivity index (χ2n) is 5.73. The first-order chi connectivity index (χ1) is 13.3. The lowest BCUT2D eigenvalue weighted by atomic mass is 10.2. The van der Waals surface area contributed by atoms with E-state index in [9.17, 15) is 23.3 Å². The van der Waals surface area contributed by atoms with E-state index >= 15 is 0 Å². The number of nitrogens with one attached hydrogen (secondary N) is 1. The minimum absolute atomic E-state index is 0.0276. The fraction of sp³-hybridized carbons (Fsp3) is 0.111. The van der Waals surface area contributed by atoms with Crippen molar-refractivity contribution in [1.29, 1.82) is 0 Å². The van der Waals surface area contributed by atoms with Crippen molar-refractivity contribution in [1.82, 2.24) is 4.98 Å². The summed E-state index contributed by atoms with van der Waals surface area (Å²) in [5.41, 5.74) is 1.15. The molecule has 1 amide bonds. The van der Waals surface area contributed by atoms with Crippen molar-refractivity contribution in [3.63, 3.8) is 0 Å². The van der Waals surface area contributed by atoms with Crippen LogP contribution in [0.2, 0.25) is 0 Å². The van der Waals surface area contributed by atoms with Crippen molar-refractivity contribution in [2.45, 2.75) is 11.8 Å². The van der Waals surface area contributed by atoms with Crippen LogP contribution in [-0.2, 0) is 9.84 Å². The number of hydrogen-bond acceptors (Lipinski definition) is 7. The number of nitro groups is 1. The second-order valence-corrected chi connectivity index (χ2v) is 8.86. The van der Waals surface area contributed by atoms with Crippen LogP contribution in [0.1, 0.15) is 17.4 Å². The number of hydrogen-bond donors (Lipinski definition) is 1. The summed E-state index contributed by atoms with van der Waals surface area (Å²) in [6.07, 6.45) is 0. The Hall–Kier alpha value is -3.11. The van der Waals surface area contributed by atoms with Gasteiger partial charge in [0.25, 0.3) is 11.6 Å². The molecule has 0 bridgehead atoms. The lowest BCUT2D eigenvalue weighted by Crippen LogP contribution is -2.13. The van der Waals surface area contributed by atoms with E-state index in [0.717, 1.165) is 0 Å². The van der Waals surface area contributed by atoms with Gasteiger partial charge in [0.05, 0.1) is 15.6 Å². The highest BCUT2D eigenvalue weighted by Crippen LogP contribution is 2.26. The molecule has 144 valence electrons. The third-order valence-electron chi connectivity index (χ3n) is 3.89. The number of nitro benzene ring substituents is 1. The fourth-order valence-electron chi connectivity index (χ4n) is 2.37. The summed E-state index contributed by atoms with van der Waals surface area (Å²) in [5, 5.41) is 15.5. The van der Waals surface area contributed by atoms with Crippen LogP contribution in [0.25, 0.3) is 10.6 Å². The maximum atomic E-state index is 12.4. The third-order valence-corrected chi connectivity index (χ3v) is 6.52. The summed E-state index contributed by atoms with van der Waals surface area (Å²) in [7, 11) is -3.38. The molecule has 3 rings (SSSR count). The molecule has 0 fully saturated rings. The molecule has 0 unspecified atom stereocenters. The van der Waals surface area contributed by atoms with Crippen molar-refractivity contribution in [2.75, 3.05) is 11.1 Å². The van der Waals surface area contributed by atoms with E-state index in [1.54, 1.807) is 36.6 Å². The van der Waals surface area contributed by atoms with Gasteiger partial charge in [-0.2, -0.15) is 0 Å². The van der Waals surface area contributed by atoms with Gasteiger partial charge in [-0.05, 0) is 30.3 Å². The van der Waals surface area contributed by atoms with E-state index < -0.39 is 20.7 Å². The summed E-state index contributed by atoms with van der Waals surface area (Å²) in [6, 6.07) is 11.9. The van der Waals surface area contributed by atoms with E-state index in [0.29, 0.717) is 16.3 Å². The zero-order chi connectivity index (χ0) is 20.3. The van der Waals surface area contributed by atoms with E-state index in [-0.39, 0.29) is 22.0 Å². The molecule has 0 saturated carbocycles. The molecule has 0 aliphatic carbocycles. The second kappa shape index (κ2) is 7.87. The Labute approximate surface area is 164 Å². The minimum atomic E-state index is -3.38. The van der Waals surface area contributed by atoms with Gasteiger partial charge in [0.15, 0.2) is 9.84 Å². The van der Waals surface area contributed by atoms with E-state index in [2.05, 4.69) is 10.3 Å². The van der Waals surface area contributed by atoms with Gasteiger partial charge < -0.3 is 5.32 Å². The zero-order valence-electron chi connectivity index (χ0n) is 14.7. The maximum Gasteiger partial charge on any atom is 0.275 e. The summed E-state index contributed by atoms with van der Waals surface area (Å²) >= 11 is 1.23. The molecule has 0 aliphatic rings. The predicted molar refractivity (Wildman–Crippen MR) is 106 cm³/mol. The van der Waals surface area contributed by atoms with Gasteiger partial charge in [0.2, 0.25) is 0 Å². The molecule has 0 aliphatic heterocycles. The molecule has 1 N–H and O–H groups in total. The number of amides is 1. The average Bonchev–Trinajstić information content (AvgIpc) is 3.18. The van der Waals surface area contributed by atoms with Crippen molar-refractivity contribution >= 4 is 38.5 Å². The van der Waals surface area contributed by atoms with Crippen LogP contribution in [0.4, 0.5) is 11.4 Å². The number of aromatic nitrogens is 1. The maximum absolute atomic E-state index is 12.4. The molecule has 3 aromatic rings. The Morgan fingerprint density at radius 3 is 2.57 bits per heavy atom. The third kappa shape index (κ3) is 4.24. The van der Waals surface area contributed by atoms with Gasteiger partial charge in [-0.3, -0.25) is 14.9 Å². The van der Waals surface area contributed by atoms with Crippen LogP contribution >= 0.6 is 11.3 Å². The SMILES string of the molecule is CCS(=O)(=O)c1cccc(NC(=O)c2csc(-c3ccc([N+](=O)[O-])cc3)n2)c1. The van der Waals surface area contributed by atoms with E-state index in [1.165, 1.54) is 35.6 Å². The Bertz CT molecular complexity index is 1140. The summed E-state index contributed by atoms with van der Waals surface area (Å²) in [4.78, 5) is 27.1. The van der Waals surface area contributed by atoms with Gasteiger partial charge in [-0.25, -0.2) is 13.4 Å². The number of rotatable bonds is 6. The topological polar surface area (TPSA) is 119 Å². The van der Waals surface area contributed by atoms with E-state index in [1.807, 2.05) is 0 Å². The molecule has 28 heavy (non-hydrogen) atoms. The molecule has 8 nitrogen and oxygen atoms in total. The normalized spacial score (nSPS) is 11.2. The fourth-order valence-corrected chi connectivity index (χ4v) is 4.10. The average molecular weight is 417 g/mol. The summed E-state index contributed by atoms with van der Waals surface area (Å²) < 4.78 is 23.9. The van der Waals surface area contributed by atoms with Crippen LogP contribution in [0.15, 0.2) is 58.8 Å². The van der Waals surface area contributed by atoms with Gasteiger partial charge in [0, 0.05) is 28.8 Å². The molecular formula is C18H15N3O5S2. The van der Waals surface area contributed by atoms with Crippen molar-refractivity contribution < 1.29 is 18.1 Å². The summed E-state index contributed by atoms with van der Waals surface area (Å²) in [6.45, 7) is 1.55. The molecule has 10 heteroatoms. The Morgan fingerprint density at radius 1 is 1.21 bits per heavy atom. The molecular weight excluding hydrogens is 402 g/mol. The first-order valence-electron chi connectivity index (χ1n) is 8.14. The van der Waals surface area contributed by atoms with Crippen LogP contribution in [0.5, 0.6) is 0 Å². The Balaban J connectivity index is 1.78. The van der Waals surface area contributed by atoms with Crippen LogP contribution in [0, 0.1) is 10.1 Å². The first kappa shape index (κ1) is 19.6. The number of benzene rings is 2. The first-order valence-corrected chi connectivity index (χ1v) is 10.7. The van der Waals surface area contributed by atoms with E-state index in [4.69, 9.17) is 0 Å². The number of thiazole rings is 1. The number of sulfone groups is 1. The van der Waals surface area contributed by atoms with Crippen molar-refractivity contribution in [3.05, 3.63) is 69.7 Å². The Morgan fingerprint density at radius 2 is 1.93 bits per heavy atom. The number of non-ortho nitro benzene ring substituents is 1. The van der Waals surface area contributed by atoms with Crippen LogP contribution < -0.4 is 5.32 Å². The van der Waals surface area contributed by atoms with Crippen LogP contribution in [-0.4, -0.2) is 30.0 Å². The molecule has 1 aromatic heterocycles. The van der Waals surface area contributed by atoms with Gasteiger partial charge >= 0.3 is 0 Å². The molecule has 2 aromatic carbocycles. The van der Waals surface area contributed by atoms with Gasteiger partial charge in [-0.15, -0.1) is 11.3 Å². The minimum Gasteiger partial charge on any atom is -0.321 e. The van der Waals surface area contributed by atoms with Crippen LogP contribution in [0.3, 0.4) is 0 Å².